The number of phenolic OH excluding ortho intramolecular Hbond substituents is 1. The first-order chi connectivity index (χ1) is 15.6. The summed E-state index contributed by atoms with van der Waals surface area (Å²) in [5, 5.41) is 30.1. The Morgan fingerprint density at radius 2 is 1.76 bits per heavy atom. The number of carbonyl (C=O) groups is 2. The van der Waals surface area contributed by atoms with Crippen LogP contribution < -0.4 is 9.47 Å². The number of hydrogen-bond donors (Lipinski definition) is 3. The number of aliphatic carboxylic acids is 1. The minimum atomic E-state index is -0.960. The number of benzene rings is 2. The van der Waals surface area contributed by atoms with Gasteiger partial charge in [-0.15, -0.1) is 0 Å². The van der Waals surface area contributed by atoms with Gasteiger partial charge in [-0.2, -0.15) is 0 Å². The number of Topliss-reactive ketones (excluding diaryl/α,β-unsaturated/α-hetero) is 1. The Bertz CT molecular complexity index is 972. The molecule has 0 spiro atoms. The Hall–Kier alpha value is -2.06. The second-order valence-corrected chi connectivity index (χ2v) is 8.83. The van der Waals surface area contributed by atoms with Crippen molar-refractivity contribution in [1.82, 2.24) is 0 Å². The Morgan fingerprint density at radius 3 is 2.38 bits per heavy atom. The zero-order valence-electron chi connectivity index (χ0n) is 19.8. The molecule has 0 aliphatic heterocycles. The van der Waals surface area contributed by atoms with Crippen molar-refractivity contribution in [2.24, 2.45) is 5.41 Å². The molecule has 0 saturated carbocycles. The van der Waals surface area contributed by atoms with E-state index < -0.39 is 17.5 Å². The normalized spacial score (nSPS) is 11.9. The standard InChI is InChI=1S/C26H34O7.Na.H/c1-5-8-21-22(12-11-20(17(2)27)24(21)30)33-14-7-13-32-19-10-6-9-18(15-19)25(31)26(3,4)16-23(28)29;;/h6,9-12,15,25,30-31H,5,7-8,13-14,16H2,1-4H3,(H,28,29);;. The number of aliphatic hydroxyl groups is 1. The number of rotatable bonds is 13. The van der Waals surface area contributed by atoms with Crippen LogP contribution in [0.25, 0.3) is 0 Å². The summed E-state index contributed by atoms with van der Waals surface area (Å²) in [6, 6.07) is 10.3. The van der Waals surface area contributed by atoms with Gasteiger partial charge in [0.25, 0.3) is 0 Å². The van der Waals surface area contributed by atoms with Gasteiger partial charge in [-0.05, 0) is 43.2 Å². The van der Waals surface area contributed by atoms with Crippen LogP contribution in [0.15, 0.2) is 36.4 Å². The van der Waals surface area contributed by atoms with Gasteiger partial charge in [0.05, 0.1) is 31.3 Å². The van der Waals surface area contributed by atoms with E-state index in [1.807, 2.05) is 6.92 Å². The zero-order chi connectivity index (χ0) is 24.6. The molecular formula is C26H35NaO7. The zero-order valence-corrected chi connectivity index (χ0v) is 19.8. The van der Waals surface area contributed by atoms with Gasteiger partial charge < -0.3 is 24.8 Å². The summed E-state index contributed by atoms with van der Waals surface area (Å²) < 4.78 is 11.6. The molecule has 34 heavy (non-hydrogen) atoms. The Kier molecular flexibility index (Phi) is 12.1. The quantitative estimate of drug-likeness (QED) is 0.222. The molecule has 0 amide bonds. The maximum atomic E-state index is 11.7. The Morgan fingerprint density at radius 1 is 1.09 bits per heavy atom. The number of carboxylic acid groups (broad SMARTS) is 1. The first-order valence-electron chi connectivity index (χ1n) is 11.2. The third-order valence-corrected chi connectivity index (χ3v) is 5.45. The number of ketones is 1. The average molecular weight is 483 g/mol. The number of phenols is 1. The molecule has 0 heterocycles. The molecule has 0 aliphatic carbocycles. The van der Waals surface area contributed by atoms with E-state index in [1.54, 1.807) is 50.2 Å². The molecule has 0 fully saturated rings. The molecular weight excluding hydrogens is 447 g/mol. The van der Waals surface area contributed by atoms with Crippen molar-refractivity contribution < 1.29 is 34.4 Å². The first kappa shape index (κ1) is 30.0. The van der Waals surface area contributed by atoms with Crippen molar-refractivity contribution >= 4 is 41.3 Å². The summed E-state index contributed by atoms with van der Waals surface area (Å²) in [5.41, 5.74) is 0.706. The summed E-state index contributed by atoms with van der Waals surface area (Å²) in [6.45, 7) is 7.58. The van der Waals surface area contributed by atoms with Crippen LogP contribution in [0.1, 0.15) is 74.5 Å². The SMILES string of the molecule is CCCc1c(OCCCOc2cccc(C(O)C(C)(C)CC(=O)O)c2)ccc(C(C)=O)c1O.[NaH]. The van der Waals surface area contributed by atoms with E-state index in [4.69, 9.17) is 14.6 Å². The fraction of sp³-hybridized carbons (Fsp3) is 0.462. The minimum absolute atomic E-state index is 0. The number of aromatic hydroxyl groups is 1. The summed E-state index contributed by atoms with van der Waals surface area (Å²) in [5.74, 6) is -0.0291. The maximum absolute atomic E-state index is 11.7. The van der Waals surface area contributed by atoms with E-state index in [-0.39, 0.29) is 47.5 Å². The summed E-state index contributed by atoms with van der Waals surface area (Å²) in [4.78, 5) is 22.7. The number of carbonyl (C=O) groups excluding carboxylic acids is 1. The molecule has 2 aromatic carbocycles. The van der Waals surface area contributed by atoms with Crippen molar-refractivity contribution in [3.05, 3.63) is 53.1 Å². The van der Waals surface area contributed by atoms with Crippen LogP contribution in [0.2, 0.25) is 0 Å². The molecule has 7 nitrogen and oxygen atoms in total. The molecule has 1 unspecified atom stereocenters. The summed E-state index contributed by atoms with van der Waals surface area (Å²) in [6.07, 6.45) is 0.895. The van der Waals surface area contributed by atoms with Crippen molar-refractivity contribution in [2.75, 3.05) is 13.2 Å². The number of carboxylic acids is 1. The summed E-state index contributed by atoms with van der Waals surface area (Å²) in [7, 11) is 0. The van der Waals surface area contributed by atoms with Crippen molar-refractivity contribution in [3.63, 3.8) is 0 Å². The molecule has 0 aromatic heterocycles. The van der Waals surface area contributed by atoms with Gasteiger partial charge in [-0.1, -0.05) is 39.3 Å². The first-order valence-corrected chi connectivity index (χ1v) is 11.2. The molecule has 0 aliphatic rings. The van der Waals surface area contributed by atoms with E-state index in [2.05, 4.69) is 0 Å². The van der Waals surface area contributed by atoms with Gasteiger partial charge in [0.2, 0.25) is 0 Å². The van der Waals surface area contributed by atoms with Gasteiger partial charge in [0.1, 0.15) is 17.2 Å². The van der Waals surface area contributed by atoms with Gasteiger partial charge in [-0.25, -0.2) is 0 Å². The van der Waals surface area contributed by atoms with Crippen molar-refractivity contribution in [1.29, 1.82) is 0 Å². The van der Waals surface area contributed by atoms with E-state index in [9.17, 15) is 19.8 Å². The van der Waals surface area contributed by atoms with Crippen LogP contribution in [-0.2, 0) is 11.2 Å². The molecule has 2 rings (SSSR count). The van der Waals surface area contributed by atoms with Gasteiger partial charge >= 0.3 is 35.5 Å². The predicted octanol–water partition coefficient (Wildman–Crippen LogP) is 4.28. The van der Waals surface area contributed by atoms with Gasteiger partial charge in [0.15, 0.2) is 5.78 Å². The topological polar surface area (TPSA) is 113 Å². The second-order valence-electron chi connectivity index (χ2n) is 8.83. The van der Waals surface area contributed by atoms with Crippen LogP contribution in [0.3, 0.4) is 0 Å². The Labute approximate surface area is 223 Å². The molecule has 0 saturated heterocycles. The monoisotopic (exact) mass is 482 g/mol. The van der Waals surface area contributed by atoms with Crippen LogP contribution in [0.5, 0.6) is 17.2 Å². The molecule has 3 N–H and O–H groups in total. The third-order valence-electron chi connectivity index (χ3n) is 5.45. The fourth-order valence-corrected chi connectivity index (χ4v) is 3.67. The molecule has 0 bridgehead atoms. The van der Waals surface area contributed by atoms with E-state index in [1.165, 1.54) is 6.92 Å². The van der Waals surface area contributed by atoms with Gasteiger partial charge in [-0.3, -0.25) is 9.59 Å². The molecule has 2 aromatic rings. The summed E-state index contributed by atoms with van der Waals surface area (Å²) >= 11 is 0. The van der Waals surface area contributed by atoms with Crippen LogP contribution in [0.4, 0.5) is 0 Å². The van der Waals surface area contributed by atoms with Crippen LogP contribution in [-0.4, -0.2) is 69.8 Å². The Balaban J connectivity index is 0.00000578. The third kappa shape index (κ3) is 8.31. The van der Waals surface area contributed by atoms with E-state index in [0.29, 0.717) is 54.2 Å². The fourth-order valence-electron chi connectivity index (χ4n) is 3.67. The molecule has 0 radical (unpaired) electrons. The van der Waals surface area contributed by atoms with Gasteiger partial charge in [0, 0.05) is 17.4 Å². The molecule has 1 atom stereocenters. The van der Waals surface area contributed by atoms with Crippen molar-refractivity contribution in [2.45, 2.75) is 59.5 Å². The van der Waals surface area contributed by atoms with Crippen LogP contribution in [0, 0.1) is 5.41 Å². The van der Waals surface area contributed by atoms with Crippen LogP contribution >= 0.6 is 0 Å². The van der Waals surface area contributed by atoms with E-state index in [0.717, 1.165) is 6.42 Å². The van der Waals surface area contributed by atoms with E-state index >= 15 is 0 Å². The number of ether oxygens (including phenoxy) is 2. The predicted molar refractivity (Wildman–Crippen MR) is 132 cm³/mol. The molecule has 182 valence electrons. The number of hydrogen-bond acceptors (Lipinski definition) is 6. The van der Waals surface area contributed by atoms with Crippen molar-refractivity contribution in [3.8, 4) is 17.2 Å². The average Bonchev–Trinajstić information content (AvgIpc) is 2.74. The molecule has 8 heteroatoms. The second kappa shape index (κ2) is 13.7. The number of aliphatic hydroxyl groups excluding tert-OH is 1.